The Hall–Kier alpha value is -0.0800. The first kappa shape index (κ1) is 12.4. The summed E-state index contributed by atoms with van der Waals surface area (Å²) in [5.41, 5.74) is 6.39. The van der Waals surface area contributed by atoms with Gasteiger partial charge in [-0.3, -0.25) is 4.90 Å². The van der Waals surface area contributed by atoms with Crippen molar-refractivity contribution in [3.63, 3.8) is 0 Å². The summed E-state index contributed by atoms with van der Waals surface area (Å²) in [6.45, 7) is 4.77. The van der Waals surface area contributed by atoms with Gasteiger partial charge in [-0.25, -0.2) is 0 Å². The minimum Gasteiger partial charge on any atom is -0.326 e. The van der Waals surface area contributed by atoms with E-state index < -0.39 is 0 Å². The number of rotatable bonds is 4. The number of piperidine rings is 1. The molecule has 0 spiro atoms. The highest BCUT2D eigenvalue weighted by atomic mass is 15.2. The van der Waals surface area contributed by atoms with Crippen LogP contribution >= 0.6 is 0 Å². The molecule has 2 fully saturated rings. The number of nitrogens with zero attached hydrogens (tertiary/aromatic N) is 1. The fourth-order valence-electron chi connectivity index (χ4n) is 3.57. The van der Waals surface area contributed by atoms with Gasteiger partial charge < -0.3 is 5.73 Å². The van der Waals surface area contributed by atoms with Crippen LogP contribution in [0.4, 0.5) is 0 Å². The molecule has 2 nitrogen and oxygen atoms in total. The van der Waals surface area contributed by atoms with Crippen LogP contribution in [0.1, 0.15) is 58.3 Å². The normalized spacial score (nSPS) is 30.8. The predicted molar refractivity (Wildman–Crippen MR) is 69.4 cm³/mol. The molecule has 0 bridgehead atoms. The van der Waals surface area contributed by atoms with Crippen molar-refractivity contribution in [1.29, 1.82) is 0 Å². The van der Waals surface area contributed by atoms with Crippen LogP contribution in [0, 0.1) is 5.92 Å². The first-order chi connectivity index (χ1) is 7.81. The maximum absolute atomic E-state index is 6.39. The van der Waals surface area contributed by atoms with Crippen LogP contribution in [0.25, 0.3) is 0 Å². The molecule has 1 aliphatic heterocycles. The van der Waals surface area contributed by atoms with Gasteiger partial charge in [0.25, 0.3) is 0 Å². The Labute approximate surface area is 101 Å². The molecule has 2 unspecified atom stereocenters. The molecule has 2 atom stereocenters. The maximum atomic E-state index is 6.39. The van der Waals surface area contributed by atoms with E-state index in [1.165, 1.54) is 57.9 Å². The third-order valence-corrected chi connectivity index (χ3v) is 4.67. The maximum Gasteiger partial charge on any atom is 0.0196 e. The summed E-state index contributed by atoms with van der Waals surface area (Å²) in [5, 5.41) is 0. The summed E-state index contributed by atoms with van der Waals surface area (Å²) in [4.78, 5) is 2.67. The Balaban J connectivity index is 1.81. The average molecular weight is 224 g/mol. The van der Waals surface area contributed by atoms with E-state index in [4.69, 9.17) is 5.73 Å². The lowest BCUT2D eigenvalue weighted by Crippen LogP contribution is -2.47. The minimum atomic E-state index is 0.439. The second-order valence-electron chi connectivity index (χ2n) is 5.76. The molecule has 0 aromatic carbocycles. The van der Waals surface area contributed by atoms with Crippen LogP contribution in [-0.4, -0.2) is 30.1 Å². The first-order valence-corrected chi connectivity index (χ1v) is 7.31. The second-order valence-corrected chi connectivity index (χ2v) is 5.76. The van der Waals surface area contributed by atoms with Crippen LogP contribution < -0.4 is 5.73 Å². The lowest BCUT2D eigenvalue weighted by atomic mass is 9.95. The van der Waals surface area contributed by atoms with E-state index in [1.807, 2.05) is 0 Å². The minimum absolute atomic E-state index is 0.439. The smallest absolute Gasteiger partial charge is 0.0196 e. The topological polar surface area (TPSA) is 29.3 Å². The first-order valence-electron chi connectivity index (χ1n) is 7.31. The molecule has 94 valence electrons. The van der Waals surface area contributed by atoms with E-state index in [1.54, 1.807) is 0 Å². The molecule has 1 aliphatic carbocycles. The average Bonchev–Trinajstić information content (AvgIpc) is 2.83. The number of hydrogen-bond donors (Lipinski definition) is 1. The van der Waals surface area contributed by atoms with Crippen molar-refractivity contribution >= 4 is 0 Å². The fraction of sp³-hybridized carbons (Fsp3) is 1.00. The summed E-state index contributed by atoms with van der Waals surface area (Å²) in [6, 6.07) is 1.26. The molecule has 0 radical (unpaired) electrons. The highest BCUT2D eigenvalue weighted by molar-refractivity contribution is 4.84. The lowest BCUT2D eigenvalue weighted by Gasteiger charge is -2.37. The van der Waals surface area contributed by atoms with Gasteiger partial charge in [-0.2, -0.15) is 0 Å². The van der Waals surface area contributed by atoms with Gasteiger partial charge in [0.15, 0.2) is 0 Å². The summed E-state index contributed by atoms with van der Waals surface area (Å²) < 4.78 is 0. The number of nitrogens with two attached hydrogens (primary N) is 1. The molecule has 0 aromatic heterocycles. The van der Waals surface area contributed by atoms with E-state index in [9.17, 15) is 0 Å². The summed E-state index contributed by atoms with van der Waals surface area (Å²) in [5.74, 6) is 0.819. The molecule has 2 rings (SSSR count). The molecule has 1 saturated heterocycles. The van der Waals surface area contributed by atoms with Crippen molar-refractivity contribution in [2.75, 3.05) is 13.1 Å². The van der Waals surface area contributed by atoms with Crippen LogP contribution in [0.3, 0.4) is 0 Å². The Bertz CT molecular complexity index is 199. The van der Waals surface area contributed by atoms with Gasteiger partial charge in [-0.05, 0) is 44.6 Å². The molecule has 16 heavy (non-hydrogen) atoms. The van der Waals surface area contributed by atoms with Crippen molar-refractivity contribution in [3.8, 4) is 0 Å². The van der Waals surface area contributed by atoms with E-state index >= 15 is 0 Å². The predicted octanol–water partition coefficient (Wildman–Crippen LogP) is 2.77. The Morgan fingerprint density at radius 1 is 1.12 bits per heavy atom. The lowest BCUT2D eigenvalue weighted by molar-refractivity contribution is 0.125. The third-order valence-electron chi connectivity index (χ3n) is 4.67. The molecule has 1 heterocycles. The SMILES string of the molecule is CCC1CCCCN1CC(N)C1CCCC1. The zero-order chi connectivity index (χ0) is 11.4. The van der Waals surface area contributed by atoms with Crippen LogP contribution in [0.2, 0.25) is 0 Å². The Morgan fingerprint density at radius 3 is 2.50 bits per heavy atom. The third kappa shape index (κ3) is 2.98. The number of hydrogen-bond acceptors (Lipinski definition) is 2. The Morgan fingerprint density at radius 2 is 1.81 bits per heavy atom. The molecular weight excluding hydrogens is 196 g/mol. The van der Waals surface area contributed by atoms with Crippen molar-refractivity contribution < 1.29 is 0 Å². The highest BCUT2D eigenvalue weighted by Gasteiger charge is 2.27. The van der Waals surface area contributed by atoms with Gasteiger partial charge in [-0.15, -0.1) is 0 Å². The highest BCUT2D eigenvalue weighted by Crippen LogP contribution is 2.28. The van der Waals surface area contributed by atoms with Crippen molar-refractivity contribution in [1.82, 2.24) is 4.90 Å². The summed E-state index contributed by atoms with van der Waals surface area (Å²) >= 11 is 0. The fourth-order valence-corrected chi connectivity index (χ4v) is 3.57. The largest absolute Gasteiger partial charge is 0.326 e. The number of likely N-dealkylation sites (tertiary alicyclic amines) is 1. The zero-order valence-corrected chi connectivity index (χ0v) is 10.8. The molecule has 0 aromatic rings. The molecular formula is C14H28N2. The second kappa shape index (κ2) is 6.02. The van der Waals surface area contributed by atoms with Crippen LogP contribution in [-0.2, 0) is 0 Å². The standard InChI is InChI=1S/C14H28N2/c1-2-13-9-5-6-10-16(13)11-14(15)12-7-3-4-8-12/h12-14H,2-11,15H2,1H3. The Kier molecular flexibility index (Phi) is 4.66. The van der Waals surface area contributed by atoms with Gasteiger partial charge >= 0.3 is 0 Å². The van der Waals surface area contributed by atoms with Crippen LogP contribution in [0.15, 0.2) is 0 Å². The van der Waals surface area contributed by atoms with Gasteiger partial charge in [0.2, 0.25) is 0 Å². The van der Waals surface area contributed by atoms with Gasteiger partial charge in [0.05, 0.1) is 0 Å². The quantitative estimate of drug-likeness (QED) is 0.795. The molecule has 2 heteroatoms. The van der Waals surface area contributed by atoms with Gasteiger partial charge in [-0.1, -0.05) is 26.2 Å². The van der Waals surface area contributed by atoms with Crippen LogP contribution in [0.5, 0.6) is 0 Å². The van der Waals surface area contributed by atoms with Crippen molar-refractivity contribution in [2.45, 2.75) is 70.4 Å². The van der Waals surface area contributed by atoms with Gasteiger partial charge in [0.1, 0.15) is 0 Å². The summed E-state index contributed by atoms with van der Waals surface area (Å²) in [7, 11) is 0. The molecule has 2 aliphatic rings. The van der Waals surface area contributed by atoms with E-state index in [0.717, 1.165) is 18.5 Å². The van der Waals surface area contributed by atoms with E-state index in [-0.39, 0.29) is 0 Å². The van der Waals surface area contributed by atoms with E-state index in [0.29, 0.717) is 6.04 Å². The van der Waals surface area contributed by atoms with Crippen molar-refractivity contribution in [3.05, 3.63) is 0 Å². The van der Waals surface area contributed by atoms with Crippen molar-refractivity contribution in [2.24, 2.45) is 11.7 Å². The summed E-state index contributed by atoms with van der Waals surface area (Å²) in [6.07, 6.45) is 11.1. The molecule has 2 N–H and O–H groups in total. The monoisotopic (exact) mass is 224 g/mol. The molecule has 0 amide bonds. The van der Waals surface area contributed by atoms with Gasteiger partial charge in [0, 0.05) is 18.6 Å². The zero-order valence-electron chi connectivity index (χ0n) is 10.8. The van der Waals surface area contributed by atoms with E-state index in [2.05, 4.69) is 11.8 Å². The molecule has 1 saturated carbocycles.